The summed E-state index contributed by atoms with van der Waals surface area (Å²) in [6.45, 7) is 8.36. The molecule has 3 N–H and O–H groups in total. The van der Waals surface area contributed by atoms with Crippen molar-refractivity contribution >= 4 is 10.9 Å². The zero-order valence-electron chi connectivity index (χ0n) is 19.6. The summed E-state index contributed by atoms with van der Waals surface area (Å²) < 4.78 is 13.0. The van der Waals surface area contributed by atoms with E-state index in [-0.39, 0.29) is 29.1 Å². The maximum absolute atomic E-state index is 12.7. The minimum absolute atomic E-state index is 0.0361. The van der Waals surface area contributed by atoms with E-state index in [2.05, 4.69) is 43.1 Å². The zero-order valence-corrected chi connectivity index (χ0v) is 19.6. The normalized spacial score (nSPS) is 49.1. The first-order valence-corrected chi connectivity index (χ1v) is 12.4. The lowest BCUT2D eigenvalue weighted by molar-refractivity contribution is -0.270. The molecule has 8 atom stereocenters. The van der Waals surface area contributed by atoms with Crippen molar-refractivity contribution < 1.29 is 19.7 Å². The molecule has 4 fully saturated rings. The van der Waals surface area contributed by atoms with Gasteiger partial charge in [-0.1, -0.05) is 32.0 Å². The van der Waals surface area contributed by atoms with Crippen LogP contribution in [0.15, 0.2) is 24.3 Å². The molecular weight excluding hydrogens is 402 g/mol. The molecule has 2 saturated carbocycles. The molecule has 32 heavy (non-hydrogen) atoms. The third-order valence-electron chi connectivity index (χ3n) is 10.8. The van der Waals surface area contributed by atoms with E-state index in [4.69, 9.17) is 9.47 Å². The molecule has 7 rings (SSSR count). The molecule has 5 aliphatic rings. The number of nitrogens with one attached hydrogen (secondary N) is 1. The first-order valence-electron chi connectivity index (χ1n) is 12.4. The molecule has 8 unspecified atom stereocenters. The Hall–Kier alpha value is -1.40. The summed E-state index contributed by atoms with van der Waals surface area (Å²) in [5.41, 5.74) is 1.05. The van der Waals surface area contributed by atoms with Crippen molar-refractivity contribution in [3.8, 4) is 0 Å². The van der Waals surface area contributed by atoms with Crippen LogP contribution >= 0.6 is 0 Å². The molecule has 2 aliphatic heterocycles. The molecular formula is C27H35NO4. The van der Waals surface area contributed by atoms with E-state index in [1.165, 1.54) is 22.2 Å². The van der Waals surface area contributed by atoms with Gasteiger partial charge in [0.15, 0.2) is 0 Å². The predicted octanol–water partition coefficient (Wildman–Crippen LogP) is 3.99. The lowest BCUT2D eigenvalue weighted by Crippen LogP contribution is -2.75. The summed E-state index contributed by atoms with van der Waals surface area (Å²) in [7, 11) is 0. The Morgan fingerprint density at radius 3 is 2.66 bits per heavy atom. The number of fused-ring (bicyclic) bond motifs is 7. The second kappa shape index (κ2) is 5.63. The molecule has 0 radical (unpaired) electrons. The Morgan fingerprint density at radius 2 is 1.88 bits per heavy atom. The number of ether oxygens (including phenoxy) is 2. The summed E-state index contributed by atoms with van der Waals surface area (Å²) >= 11 is 0. The van der Waals surface area contributed by atoms with Gasteiger partial charge in [-0.05, 0) is 63.5 Å². The fourth-order valence-electron chi connectivity index (χ4n) is 8.85. The van der Waals surface area contributed by atoms with Crippen LogP contribution in [0, 0.1) is 11.3 Å². The number of rotatable bonds is 1. The first-order chi connectivity index (χ1) is 15.1. The minimum atomic E-state index is -0.942. The molecule has 3 heterocycles. The quantitative estimate of drug-likeness (QED) is 0.590. The van der Waals surface area contributed by atoms with E-state index in [9.17, 15) is 10.2 Å². The Morgan fingerprint density at radius 1 is 1.09 bits per heavy atom. The van der Waals surface area contributed by atoms with Gasteiger partial charge in [0.1, 0.15) is 11.2 Å². The van der Waals surface area contributed by atoms with E-state index >= 15 is 0 Å². The Balaban J connectivity index is 1.35. The first kappa shape index (κ1) is 20.0. The van der Waals surface area contributed by atoms with Gasteiger partial charge in [0.25, 0.3) is 0 Å². The molecule has 172 valence electrons. The summed E-state index contributed by atoms with van der Waals surface area (Å²) in [4.78, 5) is 3.80. The van der Waals surface area contributed by atoms with E-state index in [1.54, 1.807) is 0 Å². The van der Waals surface area contributed by atoms with E-state index < -0.39 is 16.8 Å². The summed E-state index contributed by atoms with van der Waals surface area (Å²) in [5.74, 6) is 0.525. The maximum atomic E-state index is 12.7. The van der Waals surface area contributed by atoms with Crippen molar-refractivity contribution in [1.29, 1.82) is 0 Å². The lowest BCUT2D eigenvalue weighted by atomic mass is 9.40. The number of H-pyrrole nitrogens is 1. The van der Waals surface area contributed by atoms with Crippen LogP contribution in [0.5, 0.6) is 0 Å². The van der Waals surface area contributed by atoms with Crippen molar-refractivity contribution in [2.45, 2.75) is 107 Å². The maximum Gasteiger partial charge on any atom is 0.150 e. The Labute approximate surface area is 189 Å². The van der Waals surface area contributed by atoms with Crippen molar-refractivity contribution in [3.63, 3.8) is 0 Å². The van der Waals surface area contributed by atoms with E-state index in [0.29, 0.717) is 12.3 Å². The van der Waals surface area contributed by atoms with Gasteiger partial charge in [-0.25, -0.2) is 0 Å². The summed E-state index contributed by atoms with van der Waals surface area (Å²) in [6.07, 6.45) is 4.81. The van der Waals surface area contributed by atoms with Gasteiger partial charge in [-0.3, -0.25) is 0 Å². The van der Waals surface area contributed by atoms with Gasteiger partial charge in [0.2, 0.25) is 0 Å². The monoisotopic (exact) mass is 437 g/mol. The number of hydrogen-bond acceptors (Lipinski definition) is 4. The molecule has 0 bridgehead atoms. The molecule has 0 amide bonds. The third-order valence-corrected chi connectivity index (χ3v) is 10.8. The van der Waals surface area contributed by atoms with Crippen LogP contribution in [-0.4, -0.2) is 50.3 Å². The number of hydrogen-bond donors (Lipinski definition) is 3. The molecule has 2 saturated heterocycles. The molecule has 3 aliphatic carbocycles. The SMILES string of the molecule is CC(C)(O)C1CC2OC23C(CCC2(C)C4(C)c5[nH]c6ccccc6c5CC4CCC32O)O1. The molecule has 5 heteroatoms. The molecule has 1 spiro atoms. The highest BCUT2D eigenvalue weighted by molar-refractivity contribution is 5.86. The standard InChI is InChI=1S/C27H35NO4/c1-23(2,29)20-14-21-27(32-21)19(31-20)10-11-24(3)25(4)15(9-12-26(24,27)30)13-17-16-7-5-6-8-18(16)28-22(17)25/h5-8,15,19-21,28-30H,9-14H2,1-4H3. The van der Waals surface area contributed by atoms with Crippen molar-refractivity contribution in [2.24, 2.45) is 11.3 Å². The summed E-state index contributed by atoms with van der Waals surface area (Å²) in [6, 6.07) is 8.63. The second-order valence-electron chi connectivity index (χ2n) is 12.3. The third kappa shape index (κ3) is 1.95. The van der Waals surface area contributed by atoms with Gasteiger partial charge >= 0.3 is 0 Å². The zero-order chi connectivity index (χ0) is 22.3. The number of benzene rings is 1. The minimum Gasteiger partial charge on any atom is -0.388 e. The molecule has 2 aromatic rings. The van der Waals surface area contributed by atoms with Gasteiger partial charge in [0.05, 0.1) is 23.9 Å². The van der Waals surface area contributed by atoms with Crippen LogP contribution < -0.4 is 0 Å². The highest BCUT2D eigenvalue weighted by Gasteiger charge is 2.84. The average molecular weight is 438 g/mol. The van der Waals surface area contributed by atoms with E-state index in [1.807, 2.05) is 13.8 Å². The van der Waals surface area contributed by atoms with Gasteiger partial charge in [-0.15, -0.1) is 0 Å². The van der Waals surface area contributed by atoms with Crippen LogP contribution in [0.2, 0.25) is 0 Å². The largest absolute Gasteiger partial charge is 0.388 e. The number of para-hydroxylation sites is 1. The molecule has 1 aromatic heterocycles. The molecule has 1 aromatic carbocycles. The van der Waals surface area contributed by atoms with E-state index in [0.717, 1.165) is 32.1 Å². The second-order valence-corrected chi connectivity index (χ2v) is 12.3. The van der Waals surface area contributed by atoms with Gasteiger partial charge < -0.3 is 24.7 Å². The van der Waals surface area contributed by atoms with Crippen LogP contribution in [0.3, 0.4) is 0 Å². The highest BCUT2D eigenvalue weighted by Crippen LogP contribution is 2.74. The highest BCUT2D eigenvalue weighted by atomic mass is 16.7. The number of epoxide rings is 1. The van der Waals surface area contributed by atoms with Crippen LogP contribution in [0.4, 0.5) is 0 Å². The Bertz CT molecular complexity index is 1130. The predicted molar refractivity (Wildman–Crippen MR) is 122 cm³/mol. The molecule has 5 nitrogen and oxygen atoms in total. The van der Waals surface area contributed by atoms with Crippen molar-refractivity contribution in [3.05, 3.63) is 35.5 Å². The number of aromatic amines is 1. The Kier molecular flexibility index (Phi) is 3.52. The van der Waals surface area contributed by atoms with Crippen LogP contribution in [-0.2, 0) is 21.3 Å². The van der Waals surface area contributed by atoms with Crippen molar-refractivity contribution in [1.82, 2.24) is 4.98 Å². The van der Waals surface area contributed by atoms with Gasteiger partial charge in [0, 0.05) is 33.8 Å². The lowest BCUT2D eigenvalue weighted by Gasteiger charge is -2.66. The topological polar surface area (TPSA) is 78.0 Å². The number of aliphatic hydroxyl groups is 2. The van der Waals surface area contributed by atoms with Crippen LogP contribution in [0.25, 0.3) is 10.9 Å². The fraction of sp³-hybridized carbons (Fsp3) is 0.704. The van der Waals surface area contributed by atoms with Crippen molar-refractivity contribution in [2.75, 3.05) is 0 Å². The average Bonchev–Trinajstić information content (AvgIpc) is 3.29. The smallest absolute Gasteiger partial charge is 0.150 e. The van der Waals surface area contributed by atoms with Crippen LogP contribution in [0.1, 0.15) is 71.1 Å². The number of aromatic nitrogens is 1. The fourth-order valence-corrected chi connectivity index (χ4v) is 8.85. The summed E-state index contributed by atoms with van der Waals surface area (Å²) in [5, 5.41) is 24.6. The van der Waals surface area contributed by atoms with Gasteiger partial charge in [-0.2, -0.15) is 0 Å².